The quantitative estimate of drug-likeness (QED) is 0.690. The van der Waals surface area contributed by atoms with Gasteiger partial charge in [-0.15, -0.1) is 0 Å². The van der Waals surface area contributed by atoms with E-state index in [9.17, 15) is 4.57 Å². The van der Waals surface area contributed by atoms with Crippen LogP contribution in [0.1, 0.15) is 11.5 Å². The van der Waals surface area contributed by atoms with E-state index >= 15 is 0 Å². The number of hydrogen-bond acceptors (Lipinski definition) is 6. The Labute approximate surface area is 127 Å². The van der Waals surface area contributed by atoms with Gasteiger partial charge in [-0.25, -0.2) is 0 Å². The Balaban J connectivity index is 1.96. The molecule has 22 heavy (non-hydrogen) atoms. The molecule has 0 amide bonds. The van der Waals surface area contributed by atoms with E-state index < -0.39 is 7.14 Å². The lowest BCUT2D eigenvalue weighted by Gasteiger charge is -2.06. The average molecular weight is 317 g/mol. The molecule has 0 fully saturated rings. The topological polar surface area (TPSA) is 82.0 Å². The lowest BCUT2D eigenvalue weighted by Crippen LogP contribution is -2.01. The first-order chi connectivity index (χ1) is 10.4. The molecule has 1 aromatic carbocycles. The predicted octanol–water partition coefficient (Wildman–Crippen LogP) is 3.26. The maximum atomic E-state index is 12.0. The first kappa shape index (κ1) is 14.7. The molecule has 0 radical (unpaired) electrons. The van der Waals surface area contributed by atoms with Gasteiger partial charge in [0.1, 0.15) is 12.9 Å². The van der Waals surface area contributed by atoms with Crippen molar-refractivity contribution in [1.29, 1.82) is 0 Å². The highest BCUT2D eigenvalue weighted by atomic mass is 31.2. The van der Waals surface area contributed by atoms with Crippen molar-refractivity contribution >= 4 is 12.4 Å². The Hall–Kier alpha value is -2.20. The molecule has 0 bridgehead atoms. The Morgan fingerprint density at radius 1 is 1.00 bits per heavy atom. The number of nitrogens with zero attached hydrogens (tertiary/aromatic N) is 3. The van der Waals surface area contributed by atoms with Crippen molar-refractivity contribution in [3.8, 4) is 22.8 Å². The Morgan fingerprint density at radius 3 is 2.23 bits per heavy atom. The average Bonchev–Trinajstić information content (AvgIpc) is 3.05. The van der Waals surface area contributed by atoms with Gasteiger partial charge in [-0.1, -0.05) is 22.4 Å². The van der Waals surface area contributed by atoms with Crippen LogP contribution in [-0.4, -0.2) is 28.6 Å². The normalized spacial score (nSPS) is 11.8. The molecular formula is C15H16N3O3P. The minimum atomic E-state index is -2.26. The van der Waals surface area contributed by atoms with Crippen LogP contribution in [-0.2, 0) is 4.57 Å². The number of hydrogen-bond donors (Lipinski definition) is 0. The molecule has 2 heterocycles. The van der Waals surface area contributed by atoms with Crippen LogP contribution in [0.3, 0.4) is 0 Å². The van der Waals surface area contributed by atoms with Gasteiger partial charge >= 0.3 is 0 Å². The SMILES string of the molecule is Cc1noc(C)c1-c1noc(-c2ccc(P(C)(C)=O)cc2)n1. The number of benzene rings is 1. The van der Waals surface area contributed by atoms with Crippen molar-refractivity contribution in [2.24, 2.45) is 0 Å². The van der Waals surface area contributed by atoms with E-state index in [-0.39, 0.29) is 0 Å². The van der Waals surface area contributed by atoms with Gasteiger partial charge in [0.2, 0.25) is 5.82 Å². The maximum absolute atomic E-state index is 12.0. The van der Waals surface area contributed by atoms with Gasteiger partial charge < -0.3 is 13.6 Å². The number of aromatic nitrogens is 3. The molecule has 0 aliphatic heterocycles. The van der Waals surface area contributed by atoms with Crippen molar-refractivity contribution in [2.75, 3.05) is 13.3 Å². The summed E-state index contributed by atoms with van der Waals surface area (Å²) < 4.78 is 22.5. The van der Waals surface area contributed by atoms with E-state index in [1.165, 1.54) is 0 Å². The lowest BCUT2D eigenvalue weighted by atomic mass is 10.2. The second-order valence-corrected chi connectivity index (χ2v) is 8.74. The third kappa shape index (κ3) is 2.62. The molecule has 0 atom stereocenters. The van der Waals surface area contributed by atoms with Crippen LogP contribution in [0, 0.1) is 13.8 Å². The third-order valence-electron chi connectivity index (χ3n) is 3.42. The monoisotopic (exact) mass is 317 g/mol. The van der Waals surface area contributed by atoms with Crippen LogP contribution in [0.2, 0.25) is 0 Å². The van der Waals surface area contributed by atoms with Crippen LogP contribution < -0.4 is 5.30 Å². The molecule has 2 aromatic heterocycles. The fraction of sp³-hybridized carbons (Fsp3) is 0.267. The van der Waals surface area contributed by atoms with E-state index in [1.807, 2.05) is 31.2 Å². The minimum Gasteiger partial charge on any atom is -0.361 e. The van der Waals surface area contributed by atoms with Crippen molar-refractivity contribution in [2.45, 2.75) is 13.8 Å². The molecule has 7 heteroatoms. The molecule has 0 aliphatic carbocycles. The summed E-state index contributed by atoms with van der Waals surface area (Å²) in [5.41, 5.74) is 2.25. The zero-order chi connectivity index (χ0) is 15.9. The van der Waals surface area contributed by atoms with Crippen LogP contribution in [0.15, 0.2) is 33.3 Å². The first-order valence-electron chi connectivity index (χ1n) is 6.79. The van der Waals surface area contributed by atoms with Crippen LogP contribution >= 0.6 is 7.14 Å². The summed E-state index contributed by atoms with van der Waals surface area (Å²) in [6, 6.07) is 7.32. The Kier molecular flexibility index (Phi) is 3.49. The summed E-state index contributed by atoms with van der Waals surface area (Å²) in [6.07, 6.45) is 0. The maximum Gasteiger partial charge on any atom is 0.258 e. The van der Waals surface area contributed by atoms with Crippen molar-refractivity contribution in [3.05, 3.63) is 35.7 Å². The molecule has 3 aromatic rings. The minimum absolute atomic E-state index is 0.406. The third-order valence-corrected chi connectivity index (χ3v) is 4.96. The highest BCUT2D eigenvalue weighted by molar-refractivity contribution is 7.70. The zero-order valence-corrected chi connectivity index (χ0v) is 13.7. The zero-order valence-electron chi connectivity index (χ0n) is 12.8. The second-order valence-electron chi connectivity index (χ2n) is 5.52. The van der Waals surface area contributed by atoms with E-state index in [0.29, 0.717) is 17.5 Å². The smallest absolute Gasteiger partial charge is 0.258 e. The summed E-state index contributed by atoms with van der Waals surface area (Å²) in [5, 5.41) is 8.69. The summed E-state index contributed by atoms with van der Waals surface area (Å²) in [7, 11) is -2.26. The van der Waals surface area contributed by atoms with Gasteiger partial charge in [0.05, 0.1) is 11.3 Å². The lowest BCUT2D eigenvalue weighted by molar-refractivity contribution is 0.393. The molecule has 114 valence electrons. The fourth-order valence-corrected chi connectivity index (χ4v) is 3.07. The summed E-state index contributed by atoms with van der Waals surface area (Å²) in [4.78, 5) is 4.39. The molecule has 0 N–H and O–H groups in total. The largest absolute Gasteiger partial charge is 0.361 e. The predicted molar refractivity (Wildman–Crippen MR) is 83.8 cm³/mol. The molecule has 6 nitrogen and oxygen atoms in total. The summed E-state index contributed by atoms with van der Waals surface area (Å²) in [6.45, 7) is 7.12. The Bertz CT molecular complexity index is 839. The van der Waals surface area contributed by atoms with Gasteiger partial charge in [-0.05, 0) is 39.3 Å². The fourth-order valence-electron chi connectivity index (χ4n) is 2.21. The standard InChI is InChI=1S/C15H16N3O3P/c1-9-13(10(2)20-17-9)14-16-15(21-18-14)11-5-7-12(8-6-11)22(3,4)19/h5-8H,1-4H3. The van der Waals surface area contributed by atoms with Crippen LogP contribution in [0.4, 0.5) is 0 Å². The van der Waals surface area contributed by atoms with Crippen LogP contribution in [0.25, 0.3) is 22.8 Å². The summed E-state index contributed by atoms with van der Waals surface area (Å²) >= 11 is 0. The molecule has 0 unspecified atom stereocenters. The molecule has 3 rings (SSSR count). The molecule has 0 saturated carbocycles. The van der Waals surface area contributed by atoms with Gasteiger partial charge in [-0.2, -0.15) is 4.98 Å². The van der Waals surface area contributed by atoms with E-state index in [1.54, 1.807) is 20.3 Å². The van der Waals surface area contributed by atoms with Crippen molar-refractivity contribution in [3.63, 3.8) is 0 Å². The van der Waals surface area contributed by atoms with E-state index in [4.69, 9.17) is 9.05 Å². The van der Waals surface area contributed by atoms with Gasteiger partial charge in [-0.3, -0.25) is 0 Å². The summed E-state index contributed by atoms with van der Waals surface area (Å²) in [5.74, 6) is 1.51. The van der Waals surface area contributed by atoms with Crippen molar-refractivity contribution in [1.82, 2.24) is 15.3 Å². The van der Waals surface area contributed by atoms with E-state index in [0.717, 1.165) is 22.1 Å². The molecule has 0 saturated heterocycles. The number of rotatable bonds is 3. The van der Waals surface area contributed by atoms with E-state index in [2.05, 4.69) is 15.3 Å². The van der Waals surface area contributed by atoms with Crippen LogP contribution in [0.5, 0.6) is 0 Å². The first-order valence-corrected chi connectivity index (χ1v) is 9.39. The van der Waals surface area contributed by atoms with Crippen molar-refractivity contribution < 1.29 is 13.6 Å². The Morgan fingerprint density at radius 2 is 1.68 bits per heavy atom. The molecule has 0 aliphatic rings. The molecular weight excluding hydrogens is 301 g/mol. The second kappa shape index (κ2) is 5.21. The highest BCUT2D eigenvalue weighted by Gasteiger charge is 2.19. The number of aryl methyl sites for hydroxylation is 2. The van der Waals surface area contributed by atoms with Gasteiger partial charge in [0.15, 0.2) is 0 Å². The highest BCUT2D eigenvalue weighted by Crippen LogP contribution is 2.35. The molecule has 0 spiro atoms. The van der Waals surface area contributed by atoms with Gasteiger partial charge in [0, 0.05) is 10.9 Å². The van der Waals surface area contributed by atoms with Gasteiger partial charge in [0.25, 0.3) is 5.89 Å².